The molecule has 1 aliphatic carbocycles. The molecule has 1 amide bonds. The molecule has 0 radical (unpaired) electrons. The van der Waals surface area contributed by atoms with Crippen LogP contribution in [-0.2, 0) is 0 Å². The van der Waals surface area contributed by atoms with Gasteiger partial charge < -0.3 is 21.0 Å². The van der Waals surface area contributed by atoms with E-state index in [-0.39, 0.29) is 17.7 Å². The molecule has 0 saturated heterocycles. The van der Waals surface area contributed by atoms with Crippen molar-refractivity contribution in [3.63, 3.8) is 0 Å². The van der Waals surface area contributed by atoms with E-state index in [1.165, 1.54) is 17.8 Å². The molecule has 1 aliphatic rings. The second-order valence-corrected chi connectivity index (χ2v) is 6.14. The van der Waals surface area contributed by atoms with Crippen molar-refractivity contribution < 1.29 is 14.7 Å². The number of rotatable bonds is 5. The molecule has 0 spiro atoms. The highest BCUT2D eigenvalue weighted by atomic mass is 32.1. The number of nitrogens with one attached hydrogen (secondary N) is 1. The third kappa shape index (κ3) is 3.87. The summed E-state index contributed by atoms with van der Waals surface area (Å²) < 4.78 is 5.08. The smallest absolute Gasteiger partial charge is 0.262 e. The molecule has 0 aromatic carbocycles. The Morgan fingerprint density at radius 1 is 1.52 bits per heavy atom. The molecule has 0 bridgehead atoms. The van der Waals surface area contributed by atoms with Gasteiger partial charge in [-0.2, -0.15) is 0 Å². The Labute approximate surface area is 128 Å². The van der Waals surface area contributed by atoms with E-state index in [1.807, 2.05) is 0 Å². The van der Waals surface area contributed by atoms with E-state index >= 15 is 0 Å². The Morgan fingerprint density at radius 2 is 2.24 bits per heavy atom. The summed E-state index contributed by atoms with van der Waals surface area (Å²) in [6.45, 7) is 0. The standard InChI is InChI=1S/C14H21N3O3S/c1-20-10-7-11(21-8-10)14(18)16-12(13(15)17-19)9-5-3-2-4-6-9/h7-9,12,19H,2-6H2,1H3,(H2,15,17)(H,16,18). The van der Waals surface area contributed by atoms with Crippen LogP contribution in [-0.4, -0.2) is 30.1 Å². The summed E-state index contributed by atoms with van der Waals surface area (Å²) in [6, 6.07) is 1.26. The average Bonchev–Trinajstić information content (AvgIpc) is 3.01. The summed E-state index contributed by atoms with van der Waals surface area (Å²) in [6.07, 6.45) is 5.39. The third-order valence-electron chi connectivity index (χ3n) is 3.88. The molecule has 21 heavy (non-hydrogen) atoms. The first-order valence-corrected chi connectivity index (χ1v) is 7.94. The Kier molecular flexibility index (Phi) is 5.44. The minimum Gasteiger partial charge on any atom is -0.496 e. The van der Waals surface area contributed by atoms with E-state index in [2.05, 4.69) is 10.5 Å². The topological polar surface area (TPSA) is 96.9 Å². The van der Waals surface area contributed by atoms with Crippen molar-refractivity contribution in [1.82, 2.24) is 5.32 Å². The molecule has 4 N–H and O–H groups in total. The van der Waals surface area contributed by atoms with E-state index in [9.17, 15) is 4.79 Å². The number of methoxy groups -OCH3 is 1. The lowest BCUT2D eigenvalue weighted by Gasteiger charge is -2.29. The number of carbonyl (C=O) groups excluding carboxylic acids is 1. The number of hydrogen-bond acceptors (Lipinski definition) is 5. The highest BCUT2D eigenvalue weighted by molar-refractivity contribution is 7.12. The molecule has 6 nitrogen and oxygen atoms in total. The summed E-state index contributed by atoms with van der Waals surface area (Å²) in [4.78, 5) is 12.9. The van der Waals surface area contributed by atoms with Crippen molar-refractivity contribution in [3.05, 3.63) is 16.3 Å². The maximum Gasteiger partial charge on any atom is 0.262 e. The SMILES string of the molecule is COc1csc(C(=O)NC(C(N)=NO)C2CCCCC2)c1. The van der Waals surface area contributed by atoms with Crippen molar-refractivity contribution in [1.29, 1.82) is 0 Å². The molecule has 7 heteroatoms. The fourth-order valence-electron chi connectivity index (χ4n) is 2.72. The fourth-order valence-corrected chi connectivity index (χ4v) is 3.48. The second kappa shape index (κ2) is 7.31. The number of ether oxygens (including phenoxy) is 1. The van der Waals surface area contributed by atoms with Crippen LogP contribution in [0.2, 0.25) is 0 Å². The number of amidine groups is 1. The van der Waals surface area contributed by atoms with E-state index in [0.717, 1.165) is 25.7 Å². The van der Waals surface area contributed by atoms with Gasteiger partial charge in [0.05, 0.1) is 18.0 Å². The average molecular weight is 311 g/mol. The Hall–Kier alpha value is -1.76. The molecular formula is C14H21N3O3S. The molecule has 116 valence electrons. The number of hydrogen-bond donors (Lipinski definition) is 3. The van der Waals surface area contributed by atoms with E-state index < -0.39 is 6.04 Å². The summed E-state index contributed by atoms with van der Waals surface area (Å²) >= 11 is 1.31. The Bertz CT molecular complexity index is 509. The first-order valence-electron chi connectivity index (χ1n) is 7.06. The number of nitrogens with two attached hydrogens (primary N) is 1. The predicted octanol–water partition coefficient (Wildman–Crippen LogP) is 2.18. The fraction of sp³-hybridized carbons (Fsp3) is 0.571. The zero-order valence-electron chi connectivity index (χ0n) is 12.0. The quantitative estimate of drug-likeness (QED) is 0.336. The van der Waals surface area contributed by atoms with Gasteiger partial charge in [-0.1, -0.05) is 24.4 Å². The lowest BCUT2D eigenvalue weighted by molar-refractivity contribution is 0.0934. The lowest BCUT2D eigenvalue weighted by Crippen LogP contribution is -2.49. The first kappa shape index (κ1) is 15.6. The largest absolute Gasteiger partial charge is 0.496 e. The molecule has 1 aromatic rings. The van der Waals surface area contributed by atoms with Crippen LogP contribution in [0.3, 0.4) is 0 Å². The summed E-state index contributed by atoms with van der Waals surface area (Å²) in [5, 5.41) is 16.7. The van der Waals surface area contributed by atoms with Gasteiger partial charge in [-0.15, -0.1) is 11.3 Å². The minimum absolute atomic E-state index is 0.0683. The highest BCUT2D eigenvalue weighted by Gasteiger charge is 2.29. The van der Waals surface area contributed by atoms with Crippen molar-refractivity contribution >= 4 is 23.1 Å². The molecule has 1 atom stereocenters. The molecular weight excluding hydrogens is 290 g/mol. The van der Waals surface area contributed by atoms with Crippen LogP contribution in [0.25, 0.3) is 0 Å². The molecule has 1 heterocycles. The number of carbonyl (C=O) groups is 1. The van der Waals surface area contributed by atoms with Gasteiger partial charge in [0.25, 0.3) is 5.91 Å². The van der Waals surface area contributed by atoms with Crippen molar-refractivity contribution in [2.24, 2.45) is 16.8 Å². The van der Waals surface area contributed by atoms with Gasteiger partial charge >= 0.3 is 0 Å². The van der Waals surface area contributed by atoms with Gasteiger partial charge in [-0.25, -0.2) is 0 Å². The second-order valence-electron chi connectivity index (χ2n) is 5.22. The zero-order valence-corrected chi connectivity index (χ0v) is 12.9. The van der Waals surface area contributed by atoms with Crippen LogP contribution in [0, 0.1) is 5.92 Å². The molecule has 2 rings (SSSR count). The van der Waals surface area contributed by atoms with Crippen LogP contribution in [0.4, 0.5) is 0 Å². The first-order chi connectivity index (χ1) is 10.2. The van der Waals surface area contributed by atoms with E-state index in [1.54, 1.807) is 18.6 Å². The van der Waals surface area contributed by atoms with Gasteiger partial charge in [0.15, 0.2) is 5.84 Å². The Balaban J connectivity index is 2.08. The van der Waals surface area contributed by atoms with Crippen LogP contribution in [0.1, 0.15) is 41.8 Å². The lowest BCUT2D eigenvalue weighted by atomic mass is 9.83. The van der Waals surface area contributed by atoms with Gasteiger partial charge in [0, 0.05) is 11.4 Å². The molecule has 1 aromatic heterocycles. The Morgan fingerprint density at radius 3 is 2.81 bits per heavy atom. The van der Waals surface area contributed by atoms with Gasteiger partial charge in [0.1, 0.15) is 5.75 Å². The van der Waals surface area contributed by atoms with E-state index in [0.29, 0.717) is 10.6 Å². The summed E-state index contributed by atoms with van der Waals surface area (Å²) in [7, 11) is 1.56. The normalized spacial score (nSPS) is 18.2. The molecule has 1 saturated carbocycles. The van der Waals surface area contributed by atoms with Crippen LogP contribution in [0.15, 0.2) is 16.6 Å². The van der Waals surface area contributed by atoms with E-state index in [4.69, 9.17) is 15.7 Å². The molecule has 1 unspecified atom stereocenters. The maximum absolute atomic E-state index is 12.3. The third-order valence-corrected chi connectivity index (χ3v) is 4.78. The van der Waals surface area contributed by atoms with Gasteiger partial charge in [0.2, 0.25) is 0 Å². The molecule has 0 aliphatic heterocycles. The van der Waals surface area contributed by atoms with Crippen molar-refractivity contribution in [2.45, 2.75) is 38.1 Å². The number of nitrogens with zero attached hydrogens (tertiary/aromatic N) is 1. The van der Waals surface area contributed by atoms with Crippen LogP contribution < -0.4 is 15.8 Å². The monoisotopic (exact) mass is 311 g/mol. The minimum atomic E-state index is -0.420. The number of amides is 1. The summed E-state index contributed by atoms with van der Waals surface area (Å²) in [5.41, 5.74) is 5.77. The van der Waals surface area contributed by atoms with Crippen molar-refractivity contribution in [2.75, 3.05) is 7.11 Å². The van der Waals surface area contributed by atoms with Gasteiger partial charge in [-0.3, -0.25) is 4.79 Å². The molecule has 1 fully saturated rings. The summed E-state index contributed by atoms with van der Waals surface area (Å²) in [5.74, 6) is 0.730. The van der Waals surface area contributed by atoms with Crippen LogP contribution in [0.5, 0.6) is 5.75 Å². The number of oxime groups is 1. The zero-order chi connectivity index (χ0) is 15.2. The van der Waals surface area contributed by atoms with Gasteiger partial charge in [-0.05, 0) is 18.8 Å². The maximum atomic E-state index is 12.3. The number of thiophene rings is 1. The predicted molar refractivity (Wildman–Crippen MR) is 82.1 cm³/mol. The van der Waals surface area contributed by atoms with Crippen molar-refractivity contribution in [3.8, 4) is 5.75 Å². The van der Waals surface area contributed by atoms with Crippen LogP contribution >= 0.6 is 11.3 Å². The highest BCUT2D eigenvalue weighted by Crippen LogP contribution is 2.27.